The van der Waals surface area contributed by atoms with E-state index in [0.29, 0.717) is 5.92 Å². The highest BCUT2D eigenvalue weighted by atomic mass is 27.0. The first-order valence-corrected chi connectivity index (χ1v) is 5.73. The highest BCUT2D eigenvalue weighted by Crippen LogP contribution is 2.19. The summed E-state index contributed by atoms with van der Waals surface area (Å²) in [6.07, 6.45) is 4.84. The average molecular weight is 203 g/mol. The third-order valence-corrected chi connectivity index (χ3v) is 2.76. The van der Waals surface area contributed by atoms with E-state index in [1.165, 1.54) is 0 Å². The Morgan fingerprint density at radius 3 is 2.38 bits per heavy atom. The largest absolute Gasteiger partial charge is 0.333 e. The number of hydrogen-bond acceptors (Lipinski definition) is 1. The molecule has 0 unspecified atom stereocenters. The molecule has 1 aliphatic rings. The van der Waals surface area contributed by atoms with Gasteiger partial charge in [-0.2, -0.15) is 0 Å². The van der Waals surface area contributed by atoms with E-state index in [2.05, 4.69) is 11.9 Å². The van der Waals surface area contributed by atoms with Gasteiger partial charge in [0.2, 0.25) is 0 Å². The lowest BCUT2D eigenvalue weighted by Crippen LogP contribution is -2.29. The fraction of sp³-hybridized carbons (Fsp3) is 0.778. The number of likely N-dealkylation sites (tertiary alicyclic amines) is 1. The molecular formula is C9H16AlF2N. The molecule has 0 aromatic rings. The van der Waals surface area contributed by atoms with Crippen LogP contribution in [0.1, 0.15) is 12.8 Å². The number of piperidine rings is 1. The summed E-state index contributed by atoms with van der Waals surface area (Å²) in [6.45, 7) is 2.06. The minimum absolute atomic E-state index is 0.0766. The van der Waals surface area contributed by atoms with Crippen LogP contribution in [-0.2, 0) is 0 Å². The number of rotatable bonds is 2. The smallest absolute Gasteiger partial charge is 0.306 e. The van der Waals surface area contributed by atoms with Crippen molar-refractivity contribution >= 4 is 16.3 Å². The van der Waals surface area contributed by atoms with Crippen molar-refractivity contribution in [2.45, 2.75) is 17.6 Å². The van der Waals surface area contributed by atoms with E-state index in [-0.39, 0.29) is 16.3 Å². The SMILES string of the molecule is CN1CCC(/C=C\[C](F)(F)[AlH2])CC1. The summed E-state index contributed by atoms with van der Waals surface area (Å²) in [4.78, 5) is -0.271. The molecule has 13 heavy (non-hydrogen) atoms. The summed E-state index contributed by atoms with van der Waals surface area (Å²) in [5.74, 6) is 0.371. The van der Waals surface area contributed by atoms with Gasteiger partial charge in [-0.05, 0) is 45.0 Å². The highest BCUT2D eigenvalue weighted by molar-refractivity contribution is 6.14. The fourth-order valence-electron chi connectivity index (χ4n) is 1.53. The molecule has 1 nitrogen and oxygen atoms in total. The van der Waals surface area contributed by atoms with Crippen molar-refractivity contribution in [2.75, 3.05) is 20.1 Å². The van der Waals surface area contributed by atoms with E-state index >= 15 is 0 Å². The second-order valence-corrected chi connectivity index (χ2v) is 5.29. The van der Waals surface area contributed by atoms with Crippen molar-refractivity contribution in [3.8, 4) is 0 Å². The molecule has 0 amide bonds. The van der Waals surface area contributed by atoms with Crippen LogP contribution in [-0.4, -0.2) is 46.1 Å². The lowest BCUT2D eigenvalue weighted by atomic mass is 9.97. The average Bonchev–Trinajstić information content (AvgIpc) is 2.02. The van der Waals surface area contributed by atoms with Crippen molar-refractivity contribution < 1.29 is 8.78 Å². The molecule has 1 heterocycles. The molecule has 0 aliphatic carbocycles. The van der Waals surface area contributed by atoms with Gasteiger partial charge in [-0.15, -0.1) is 0 Å². The van der Waals surface area contributed by atoms with Crippen molar-refractivity contribution in [1.82, 2.24) is 4.90 Å². The van der Waals surface area contributed by atoms with Crippen molar-refractivity contribution in [3.05, 3.63) is 12.2 Å². The summed E-state index contributed by atoms with van der Waals surface area (Å²) in [6, 6.07) is 0. The van der Waals surface area contributed by atoms with Gasteiger partial charge < -0.3 is 4.90 Å². The second-order valence-electron chi connectivity index (χ2n) is 3.96. The van der Waals surface area contributed by atoms with Gasteiger partial charge in [0.25, 0.3) is 0 Å². The molecule has 74 valence electrons. The summed E-state index contributed by atoms with van der Waals surface area (Å²) < 4.78 is 25.0. The van der Waals surface area contributed by atoms with Gasteiger partial charge in [0, 0.05) is 0 Å². The Bertz CT molecular complexity index is 181. The van der Waals surface area contributed by atoms with Gasteiger partial charge in [-0.25, -0.2) is 8.78 Å². The van der Waals surface area contributed by atoms with Gasteiger partial charge >= 0.3 is 16.3 Å². The first-order valence-electron chi connectivity index (χ1n) is 4.73. The van der Waals surface area contributed by atoms with E-state index in [0.717, 1.165) is 32.0 Å². The first kappa shape index (κ1) is 11.2. The molecule has 1 aliphatic heterocycles. The lowest BCUT2D eigenvalue weighted by molar-refractivity contribution is 0.150. The standard InChI is InChI=1S/C9H14F2N.Al.2H/c1-12-6-4-8(5-7-12)2-3-9(10)11;;;/h2-3,8H,4-7H2,1H3;;;/b3-2-;;;. The molecule has 1 fully saturated rings. The van der Waals surface area contributed by atoms with Crippen LogP contribution in [0, 0.1) is 5.92 Å². The normalized spacial score (nSPS) is 22.7. The quantitative estimate of drug-likeness (QED) is 0.480. The zero-order chi connectivity index (χ0) is 9.90. The summed E-state index contributed by atoms with van der Waals surface area (Å²) in [5, 5.41) is 0. The Labute approximate surface area is 86.2 Å². The molecule has 0 aromatic heterocycles. The van der Waals surface area contributed by atoms with Crippen LogP contribution in [0.3, 0.4) is 0 Å². The van der Waals surface area contributed by atoms with Crippen LogP contribution < -0.4 is 0 Å². The van der Waals surface area contributed by atoms with Crippen LogP contribution in [0.4, 0.5) is 8.78 Å². The predicted molar refractivity (Wildman–Crippen MR) is 52.9 cm³/mol. The van der Waals surface area contributed by atoms with Gasteiger partial charge in [0.1, 0.15) is 0 Å². The van der Waals surface area contributed by atoms with Crippen LogP contribution in [0.5, 0.6) is 0 Å². The van der Waals surface area contributed by atoms with Crippen LogP contribution in [0.25, 0.3) is 0 Å². The van der Waals surface area contributed by atoms with E-state index in [4.69, 9.17) is 0 Å². The zero-order valence-corrected chi connectivity index (χ0v) is 10.3. The molecular weight excluding hydrogens is 187 g/mol. The topological polar surface area (TPSA) is 3.24 Å². The van der Waals surface area contributed by atoms with Crippen molar-refractivity contribution in [1.29, 1.82) is 0 Å². The molecule has 1 rings (SSSR count). The summed E-state index contributed by atoms with van der Waals surface area (Å²) in [7, 11) is 2.07. The number of alkyl halides is 2. The van der Waals surface area contributed by atoms with Gasteiger partial charge in [-0.1, -0.05) is 6.08 Å². The Hall–Kier alpha value is 0.0925. The molecule has 0 saturated carbocycles. The Morgan fingerprint density at radius 2 is 1.92 bits per heavy atom. The van der Waals surface area contributed by atoms with E-state index in [9.17, 15) is 8.78 Å². The second kappa shape index (κ2) is 4.55. The van der Waals surface area contributed by atoms with Gasteiger partial charge in [-0.3, -0.25) is 0 Å². The first-order chi connectivity index (χ1) is 5.97. The fourth-order valence-corrected chi connectivity index (χ4v) is 1.72. The maximum atomic E-state index is 12.5. The molecule has 0 N–H and O–H groups in total. The minimum Gasteiger partial charge on any atom is -0.306 e. The molecule has 0 atom stereocenters. The Morgan fingerprint density at radius 1 is 1.38 bits per heavy atom. The zero-order valence-electron chi connectivity index (χ0n) is 8.26. The third kappa shape index (κ3) is 4.76. The molecule has 1 saturated heterocycles. The predicted octanol–water partition coefficient (Wildman–Crippen LogP) is 1.11. The lowest BCUT2D eigenvalue weighted by Gasteiger charge is -2.27. The van der Waals surface area contributed by atoms with E-state index in [1.54, 1.807) is 6.08 Å². The number of allylic oxidation sites excluding steroid dienone is 2. The van der Waals surface area contributed by atoms with Gasteiger partial charge in [0.05, 0.1) is 0 Å². The van der Waals surface area contributed by atoms with Gasteiger partial charge in [0.15, 0.2) is 4.78 Å². The molecule has 0 aromatic carbocycles. The van der Waals surface area contributed by atoms with Crippen LogP contribution in [0.15, 0.2) is 12.2 Å². The minimum atomic E-state index is -2.51. The van der Waals surface area contributed by atoms with Crippen molar-refractivity contribution in [3.63, 3.8) is 0 Å². The molecule has 0 radical (unpaired) electrons. The molecule has 4 heteroatoms. The van der Waals surface area contributed by atoms with Crippen LogP contribution >= 0.6 is 0 Å². The molecule has 0 spiro atoms. The maximum absolute atomic E-state index is 12.5. The van der Waals surface area contributed by atoms with E-state index < -0.39 is 4.78 Å². The summed E-state index contributed by atoms with van der Waals surface area (Å²) >= 11 is -0.0766. The highest BCUT2D eigenvalue weighted by Gasteiger charge is 2.18. The monoisotopic (exact) mass is 203 g/mol. The van der Waals surface area contributed by atoms with E-state index in [1.807, 2.05) is 0 Å². The summed E-state index contributed by atoms with van der Waals surface area (Å²) in [5.41, 5.74) is 0. The number of halogens is 2. The Balaban J connectivity index is 2.34. The van der Waals surface area contributed by atoms with Crippen LogP contribution in [0.2, 0.25) is 0 Å². The molecule has 0 bridgehead atoms. The maximum Gasteiger partial charge on any atom is 0.333 e. The third-order valence-electron chi connectivity index (χ3n) is 2.42. The number of hydrogen-bond donors (Lipinski definition) is 0. The Kier molecular flexibility index (Phi) is 3.91. The van der Waals surface area contributed by atoms with Crippen molar-refractivity contribution in [2.24, 2.45) is 5.92 Å². The number of nitrogens with zero attached hydrogens (tertiary/aromatic N) is 1.